The van der Waals surface area contributed by atoms with Crippen LogP contribution in [-0.2, 0) is 0 Å². The predicted octanol–water partition coefficient (Wildman–Crippen LogP) is 3.64. The SMILES string of the molecule is Cc1ccc(C(C)NC(=O)c2cc(Cl)ccc2[N+](=O)[O-])o1. The molecule has 6 nitrogen and oxygen atoms in total. The number of rotatable bonds is 4. The topological polar surface area (TPSA) is 85.4 Å². The summed E-state index contributed by atoms with van der Waals surface area (Å²) >= 11 is 5.80. The number of hydrogen-bond donors (Lipinski definition) is 1. The number of benzene rings is 1. The van der Waals surface area contributed by atoms with Crippen LogP contribution < -0.4 is 5.32 Å². The highest BCUT2D eigenvalue weighted by molar-refractivity contribution is 6.31. The van der Waals surface area contributed by atoms with Crippen LogP contribution in [0.2, 0.25) is 5.02 Å². The highest BCUT2D eigenvalue weighted by atomic mass is 35.5. The van der Waals surface area contributed by atoms with E-state index in [0.717, 1.165) is 5.76 Å². The first kappa shape index (κ1) is 15.1. The Hall–Kier alpha value is -2.34. The molecule has 1 heterocycles. The Kier molecular flexibility index (Phi) is 4.28. The van der Waals surface area contributed by atoms with Crippen LogP contribution in [0.15, 0.2) is 34.7 Å². The van der Waals surface area contributed by atoms with Crippen molar-refractivity contribution >= 4 is 23.2 Å². The van der Waals surface area contributed by atoms with Gasteiger partial charge in [-0.05, 0) is 38.1 Å². The van der Waals surface area contributed by atoms with Crippen LogP contribution in [0.1, 0.15) is 34.8 Å². The molecule has 1 aromatic carbocycles. The molecule has 21 heavy (non-hydrogen) atoms. The molecule has 1 amide bonds. The number of hydrogen-bond acceptors (Lipinski definition) is 4. The Morgan fingerprint density at radius 1 is 1.38 bits per heavy atom. The lowest BCUT2D eigenvalue weighted by Gasteiger charge is -2.11. The third kappa shape index (κ3) is 3.41. The number of nitro benzene ring substituents is 1. The van der Waals surface area contributed by atoms with Gasteiger partial charge in [-0.2, -0.15) is 0 Å². The van der Waals surface area contributed by atoms with Crippen molar-refractivity contribution in [3.63, 3.8) is 0 Å². The fraction of sp³-hybridized carbons (Fsp3) is 0.214. The maximum Gasteiger partial charge on any atom is 0.282 e. The Bertz CT molecular complexity index is 696. The fourth-order valence-electron chi connectivity index (χ4n) is 1.88. The summed E-state index contributed by atoms with van der Waals surface area (Å²) in [6.45, 7) is 3.52. The highest BCUT2D eigenvalue weighted by Gasteiger charge is 2.22. The number of furan rings is 1. The van der Waals surface area contributed by atoms with Crippen molar-refractivity contribution in [2.75, 3.05) is 0 Å². The molecule has 110 valence electrons. The number of carbonyl (C=O) groups excluding carboxylic acids is 1. The lowest BCUT2D eigenvalue weighted by Crippen LogP contribution is -2.27. The summed E-state index contributed by atoms with van der Waals surface area (Å²) in [5.74, 6) is 0.719. The third-order valence-electron chi connectivity index (χ3n) is 2.94. The Morgan fingerprint density at radius 3 is 2.67 bits per heavy atom. The van der Waals surface area contributed by atoms with Crippen molar-refractivity contribution in [2.45, 2.75) is 19.9 Å². The zero-order valence-corrected chi connectivity index (χ0v) is 12.2. The van der Waals surface area contributed by atoms with Crippen LogP contribution in [0.5, 0.6) is 0 Å². The number of carbonyl (C=O) groups is 1. The first-order valence-electron chi connectivity index (χ1n) is 6.19. The van der Waals surface area contributed by atoms with Gasteiger partial charge in [-0.1, -0.05) is 11.6 Å². The average Bonchev–Trinajstić information content (AvgIpc) is 2.85. The number of nitrogens with one attached hydrogen (secondary N) is 1. The second-order valence-corrected chi connectivity index (χ2v) is 5.00. The normalized spacial score (nSPS) is 12.0. The molecule has 0 bridgehead atoms. The molecule has 0 aliphatic rings. The summed E-state index contributed by atoms with van der Waals surface area (Å²) in [5.41, 5.74) is -0.373. The zero-order valence-electron chi connectivity index (χ0n) is 11.4. The summed E-state index contributed by atoms with van der Waals surface area (Å²) in [7, 11) is 0. The molecular weight excluding hydrogens is 296 g/mol. The number of amides is 1. The largest absolute Gasteiger partial charge is 0.464 e. The molecule has 2 rings (SSSR count). The molecule has 0 aliphatic carbocycles. The van der Waals surface area contributed by atoms with Gasteiger partial charge in [-0.15, -0.1) is 0 Å². The molecule has 0 radical (unpaired) electrons. The monoisotopic (exact) mass is 308 g/mol. The van der Waals surface area contributed by atoms with Gasteiger partial charge in [0.1, 0.15) is 17.1 Å². The summed E-state index contributed by atoms with van der Waals surface area (Å²) < 4.78 is 5.41. The van der Waals surface area contributed by atoms with Crippen molar-refractivity contribution in [1.82, 2.24) is 5.32 Å². The van der Waals surface area contributed by atoms with Crippen LogP contribution in [0.3, 0.4) is 0 Å². The van der Waals surface area contributed by atoms with Crippen LogP contribution >= 0.6 is 11.6 Å². The molecule has 1 N–H and O–H groups in total. The van der Waals surface area contributed by atoms with Gasteiger partial charge in [0, 0.05) is 11.1 Å². The number of nitrogens with zero attached hydrogens (tertiary/aromatic N) is 1. The van der Waals surface area contributed by atoms with Gasteiger partial charge in [0.2, 0.25) is 0 Å². The number of nitro groups is 1. The van der Waals surface area contributed by atoms with Crippen molar-refractivity contribution in [3.05, 3.63) is 62.6 Å². The van der Waals surface area contributed by atoms with Crippen molar-refractivity contribution in [2.24, 2.45) is 0 Å². The summed E-state index contributed by atoms with van der Waals surface area (Å²) in [6, 6.07) is 6.96. The van der Waals surface area contributed by atoms with E-state index < -0.39 is 16.9 Å². The van der Waals surface area contributed by atoms with Gasteiger partial charge < -0.3 is 9.73 Å². The molecule has 7 heteroatoms. The van der Waals surface area contributed by atoms with Crippen molar-refractivity contribution < 1.29 is 14.1 Å². The third-order valence-corrected chi connectivity index (χ3v) is 3.17. The first-order valence-corrected chi connectivity index (χ1v) is 6.57. The Balaban J connectivity index is 2.24. The number of halogens is 1. The van der Waals surface area contributed by atoms with E-state index in [1.54, 1.807) is 26.0 Å². The van der Waals surface area contributed by atoms with E-state index >= 15 is 0 Å². The van der Waals surface area contributed by atoms with Gasteiger partial charge in [0.15, 0.2) is 0 Å². The van der Waals surface area contributed by atoms with E-state index in [1.807, 2.05) is 0 Å². The van der Waals surface area contributed by atoms with E-state index in [0.29, 0.717) is 5.76 Å². The average molecular weight is 309 g/mol. The second kappa shape index (κ2) is 5.97. The molecule has 0 aliphatic heterocycles. The van der Waals surface area contributed by atoms with Crippen LogP contribution in [-0.4, -0.2) is 10.8 Å². The van der Waals surface area contributed by atoms with E-state index in [1.165, 1.54) is 18.2 Å². The van der Waals surface area contributed by atoms with Crippen molar-refractivity contribution in [3.8, 4) is 0 Å². The van der Waals surface area contributed by atoms with Gasteiger partial charge >= 0.3 is 0 Å². The molecule has 1 atom stereocenters. The smallest absolute Gasteiger partial charge is 0.282 e. The Morgan fingerprint density at radius 2 is 2.10 bits per heavy atom. The van der Waals surface area contributed by atoms with Crippen LogP contribution in [0.4, 0.5) is 5.69 Å². The standard InChI is InChI=1S/C14H13ClN2O4/c1-8-3-6-13(21-8)9(2)16-14(18)11-7-10(15)4-5-12(11)17(19)20/h3-7,9H,1-2H3,(H,16,18). The summed E-state index contributed by atoms with van der Waals surface area (Å²) in [5, 5.41) is 13.9. The summed E-state index contributed by atoms with van der Waals surface area (Å²) in [6.07, 6.45) is 0. The van der Waals surface area contributed by atoms with E-state index in [-0.39, 0.29) is 16.3 Å². The van der Waals surface area contributed by atoms with Crippen LogP contribution in [0.25, 0.3) is 0 Å². The van der Waals surface area contributed by atoms with Crippen molar-refractivity contribution in [1.29, 1.82) is 0 Å². The quantitative estimate of drug-likeness (QED) is 0.690. The Labute approximate surface area is 125 Å². The summed E-state index contributed by atoms with van der Waals surface area (Å²) in [4.78, 5) is 22.5. The van der Waals surface area contributed by atoms with Crippen LogP contribution in [0, 0.1) is 17.0 Å². The molecular formula is C14H13ClN2O4. The molecule has 0 fully saturated rings. The van der Waals surface area contributed by atoms with E-state index in [9.17, 15) is 14.9 Å². The molecule has 2 aromatic rings. The van der Waals surface area contributed by atoms with Gasteiger partial charge in [-0.3, -0.25) is 14.9 Å². The first-order chi connectivity index (χ1) is 9.88. The minimum atomic E-state index is -0.618. The minimum absolute atomic E-state index is 0.0809. The van der Waals surface area contributed by atoms with Gasteiger partial charge in [0.05, 0.1) is 11.0 Å². The minimum Gasteiger partial charge on any atom is -0.464 e. The molecule has 0 saturated heterocycles. The van der Waals surface area contributed by atoms with E-state index in [4.69, 9.17) is 16.0 Å². The maximum atomic E-state index is 12.2. The lowest BCUT2D eigenvalue weighted by atomic mass is 10.1. The second-order valence-electron chi connectivity index (χ2n) is 4.56. The molecule has 0 spiro atoms. The molecule has 1 unspecified atom stereocenters. The van der Waals surface area contributed by atoms with E-state index in [2.05, 4.69) is 5.32 Å². The van der Waals surface area contributed by atoms with Gasteiger partial charge in [-0.25, -0.2) is 0 Å². The molecule has 0 saturated carbocycles. The predicted molar refractivity (Wildman–Crippen MR) is 77.4 cm³/mol. The maximum absolute atomic E-state index is 12.2. The fourth-order valence-corrected chi connectivity index (χ4v) is 2.05. The van der Waals surface area contributed by atoms with Gasteiger partial charge in [0.25, 0.3) is 11.6 Å². The lowest BCUT2D eigenvalue weighted by molar-refractivity contribution is -0.385. The molecule has 1 aromatic heterocycles. The highest BCUT2D eigenvalue weighted by Crippen LogP contribution is 2.24. The number of aryl methyl sites for hydroxylation is 1. The zero-order chi connectivity index (χ0) is 15.6.